The summed E-state index contributed by atoms with van der Waals surface area (Å²) in [5.41, 5.74) is 8.35. The molecule has 0 fully saturated rings. The van der Waals surface area contributed by atoms with Crippen LogP contribution in [0.3, 0.4) is 0 Å². The van der Waals surface area contributed by atoms with Gasteiger partial charge in [0.15, 0.2) is 0 Å². The molecule has 0 aliphatic heterocycles. The van der Waals surface area contributed by atoms with Crippen molar-refractivity contribution in [3.8, 4) is 16.9 Å². The Kier molecular flexibility index (Phi) is 11.3. The van der Waals surface area contributed by atoms with Crippen molar-refractivity contribution in [3.05, 3.63) is 72.3 Å². The van der Waals surface area contributed by atoms with Crippen LogP contribution in [0.15, 0.2) is 71.6 Å². The van der Waals surface area contributed by atoms with E-state index >= 15 is 0 Å². The monoisotopic (exact) mass is 540 g/mol. The highest BCUT2D eigenvalue weighted by molar-refractivity contribution is 7.92. The Labute approximate surface area is 218 Å². The van der Waals surface area contributed by atoms with E-state index in [2.05, 4.69) is 10.0 Å². The van der Waals surface area contributed by atoms with Crippen LogP contribution in [0.4, 0.5) is 11.4 Å². The van der Waals surface area contributed by atoms with E-state index in [1.165, 1.54) is 18.1 Å². The summed E-state index contributed by atoms with van der Waals surface area (Å²) in [4.78, 5) is 14.1. The molecule has 0 heterocycles. The number of ether oxygens (including phenoxy) is 1. The van der Waals surface area contributed by atoms with Crippen LogP contribution in [0.5, 0.6) is 5.75 Å². The third-order valence-corrected chi connectivity index (χ3v) is 6.32. The highest BCUT2D eigenvalue weighted by atomic mass is 35.5. The topological polar surface area (TPSA) is 114 Å². The van der Waals surface area contributed by atoms with E-state index in [1.807, 2.05) is 6.07 Å². The van der Waals surface area contributed by atoms with Gasteiger partial charge in [0.1, 0.15) is 10.6 Å². The number of carbonyl (C=O) groups excluding carboxylic acids is 1. The number of nitrogens with two attached hydrogens (primary N) is 1. The zero-order valence-corrected chi connectivity index (χ0v) is 22.1. The smallest absolute Gasteiger partial charge is 0.265 e. The molecule has 0 unspecified atom stereocenters. The molecule has 0 bridgehead atoms. The third-order valence-electron chi connectivity index (χ3n) is 4.92. The van der Waals surface area contributed by atoms with Crippen molar-refractivity contribution in [2.24, 2.45) is 5.73 Å². The lowest BCUT2D eigenvalue weighted by Crippen LogP contribution is -2.22. The van der Waals surface area contributed by atoms with Gasteiger partial charge in [0, 0.05) is 38.4 Å². The van der Waals surface area contributed by atoms with E-state index < -0.39 is 10.0 Å². The standard InChI is InChI=1S/C24H28N4O4S.2ClH/c1-28(2)24(29)21-10-5-4-9-20(21)17-11-12-22(32-3)23(15-17)33(30,31)27-19-8-6-7-18(16-19)26-14-13-25;;/h4-12,15-16,26-27H,13-14,25H2,1-3H3;2*1H. The van der Waals surface area contributed by atoms with Crippen LogP contribution < -0.4 is 20.5 Å². The van der Waals surface area contributed by atoms with Crippen molar-refractivity contribution in [3.63, 3.8) is 0 Å². The fourth-order valence-electron chi connectivity index (χ4n) is 3.34. The van der Waals surface area contributed by atoms with E-state index in [0.29, 0.717) is 35.5 Å². The summed E-state index contributed by atoms with van der Waals surface area (Å²) in [5, 5.41) is 3.12. The van der Waals surface area contributed by atoms with Gasteiger partial charge in [-0.15, -0.1) is 24.8 Å². The van der Waals surface area contributed by atoms with Crippen LogP contribution in [0, 0.1) is 0 Å². The van der Waals surface area contributed by atoms with Crippen molar-refractivity contribution >= 4 is 52.1 Å². The fourth-order valence-corrected chi connectivity index (χ4v) is 4.58. The molecule has 190 valence electrons. The van der Waals surface area contributed by atoms with Crippen molar-refractivity contribution in [2.45, 2.75) is 4.90 Å². The Bertz CT molecular complexity index is 1250. The Morgan fingerprint density at radius 2 is 1.66 bits per heavy atom. The fraction of sp³-hybridized carbons (Fsp3) is 0.208. The molecule has 0 aliphatic rings. The van der Waals surface area contributed by atoms with Gasteiger partial charge in [0.2, 0.25) is 0 Å². The zero-order valence-electron chi connectivity index (χ0n) is 19.6. The predicted octanol–water partition coefficient (Wildman–Crippen LogP) is 4.08. The van der Waals surface area contributed by atoms with Crippen LogP contribution in [-0.2, 0) is 10.0 Å². The van der Waals surface area contributed by atoms with Gasteiger partial charge >= 0.3 is 0 Å². The van der Waals surface area contributed by atoms with Gasteiger partial charge in [-0.2, -0.15) is 0 Å². The Morgan fingerprint density at radius 3 is 2.31 bits per heavy atom. The molecule has 0 saturated carbocycles. The van der Waals surface area contributed by atoms with E-state index in [1.54, 1.807) is 68.7 Å². The molecule has 0 radical (unpaired) electrons. The number of anilines is 2. The summed E-state index contributed by atoms with van der Waals surface area (Å²) in [7, 11) is 0.756. The number of halogens is 2. The van der Waals surface area contributed by atoms with E-state index in [0.717, 1.165) is 5.69 Å². The normalized spacial score (nSPS) is 10.4. The van der Waals surface area contributed by atoms with Gasteiger partial charge in [-0.1, -0.05) is 30.3 Å². The summed E-state index contributed by atoms with van der Waals surface area (Å²) in [6.07, 6.45) is 0. The minimum atomic E-state index is -4.00. The van der Waals surface area contributed by atoms with Gasteiger partial charge in [0.05, 0.1) is 12.8 Å². The minimum absolute atomic E-state index is 0. The maximum Gasteiger partial charge on any atom is 0.265 e. The van der Waals surface area contributed by atoms with Crippen molar-refractivity contribution in [1.29, 1.82) is 0 Å². The molecule has 0 aliphatic carbocycles. The summed E-state index contributed by atoms with van der Waals surface area (Å²) >= 11 is 0. The number of nitrogens with one attached hydrogen (secondary N) is 2. The van der Waals surface area contributed by atoms with Crippen LogP contribution >= 0.6 is 24.8 Å². The second kappa shape index (κ2) is 13.2. The van der Waals surface area contributed by atoms with Crippen LogP contribution in [-0.4, -0.2) is 53.5 Å². The molecular formula is C24H30Cl2N4O4S. The van der Waals surface area contributed by atoms with Crippen LogP contribution in [0.2, 0.25) is 0 Å². The highest BCUT2D eigenvalue weighted by Gasteiger charge is 2.22. The van der Waals surface area contributed by atoms with Gasteiger partial charge in [-0.05, 0) is 47.5 Å². The molecule has 11 heteroatoms. The molecule has 35 heavy (non-hydrogen) atoms. The van der Waals surface area contributed by atoms with E-state index in [4.69, 9.17) is 10.5 Å². The second-order valence-electron chi connectivity index (χ2n) is 7.51. The van der Waals surface area contributed by atoms with Crippen LogP contribution in [0.25, 0.3) is 11.1 Å². The lowest BCUT2D eigenvalue weighted by molar-refractivity contribution is 0.0828. The Balaban J connectivity index is 0.00000306. The van der Waals surface area contributed by atoms with Crippen molar-refractivity contribution < 1.29 is 17.9 Å². The first-order chi connectivity index (χ1) is 15.8. The number of sulfonamides is 1. The predicted molar refractivity (Wildman–Crippen MR) is 146 cm³/mol. The average molecular weight is 542 g/mol. The Hall–Kier alpha value is -2.98. The first-order valence-corrected chi connectivity index (χ1v) is 11.8. The average Bonchev–Trinajstić information content (AvgIpc) is 2.81. The highest BCUT2D eigenvalue weighted by Crippen LogP contribution is 2.33. The number of nitrogens with zero attached hydrogens (tertiary/aromatic N) is 1. The minimum Gasteiger partial charge on any atom is -0.495 e. The first kappa shape index (κ1) is 30.1. The SMILES string of the molecule is COc1ccc(-c2ccccc2C(=O)N(C)C)cc1S(=O)(=O)Nc1cccc(NCCN)c1.Cl.Cl. The zero-order chi connectivity index (χ0) is 24.0. The summed E-state index contributed by atoms with van der Waals surface area (Å²) in [6.45, 7) is 1.02. The quantitative estimate of drug-likeness (QED) is 0.376. The summed E-state index contributed by atoms with van der Waals surface area (Å²) in [5.74, 6) is 0.0193. The van der Waals surface area contributed by atoms with Crippen molar-refractivity contribution in [2.75, 3.05) is 44.3 Å². The number of benzene rings is 3. The molecule has 1 amide bonds. The number of methoxy groups -OCH3 is 1. The van der Waals surface area contributed by atoms with E-state index in [9.17, 15) is 13.2 Å². The number of rotatable bonds is 9. The lowest BCUT2D eigenvalue weighted by atomic mass is 9.99. The van der Waals surface area contributed by atoms with E-state index in [-0.39, 0.29) is 41.4 Å². The number of amides is 1. The number of hydrogen-bond donors (Lipinski definition) is 3. The second-order valence-corrected chi connectivity index (χ2v) is 9.16. The molecule has 0 saturated heterocycles. The van der Waals surface area contributed by atoms with Gasteiger partial charge in [0.25, 0.3) is 15.9 Å². The Morgan fingerprint density at radius 1 is 0.971 bits per heavy atom. The third kappa shape index (κ3) is 7.25. The first-order valence-electron chi connectivity index (χ1n) is 10.3. The maximum absolute atomic E-state index is 13.3. The molecule has 4 N–H and O–H groups in total. The number of carbonyl (C=O) groups is 1. The number of hydrogen-bond acceptors (Lipinski definition) is 6. The molecule has 3 aromatic rings. The van der Waals surface area contributed by atoms with Crippen molar-refractivity contribution in [1.82, 2.24) is 4.90 Å². The summed E-state index contributed by atoms with van der Waals surface area (Å²) in [6, 6.07) is 18.8. The van der Waals surface area contributed by atoms with Gasteiger partial charge in [-0.25, -0.2) is 8.42 Å². The molecule has 0 aromatic heterocycles. The van der Waals surface area contributed by atoms with Crippen LogP contribution in [0.1, 0.15) is 10.4 Å². The molecule has 8 nitrogen and oxygen atoms in total. The molecule has 0 spiro atoms. The maximum atomic E-state index is 13.3. The molecule has 0 atom stereocenters. The molecule has 3 aromatic carbocycles. The van der Waals surface area contributed by atoms with Gasteiger partial charge < -0.3 is 20.7 Å². The van der Waals surface area contributed by atoms with Gasteiger partial charge in [-0.3, -0.25) is 9.52 Å². The molecule has 3 rings (SSSR count). The largest absolute Gasteiger partial charge is 0.495 e. The molecular weight excluding hydrogens is 511 g/mol. The summed E-state index contributed by atoms with van der Waals surface area (Å²) < 4.78 is 34.6. The lowest BCUT2D eigenvalue weighted by Gasteiger charge is -2.17.